The van der Waals surface area contributed by atoms with Gasteiger partial charge in [-0.05, 0) is 13.8 Å². The zero-order chi connectivity index (χ0) is 8.15. The second-order valence-electron chi connectivity index (χ2n) is 1.78. The van der Waals surface area contributed by atoms with E-state index in [1.807, 2.05) is 0 Å². The Balaban J connectivity index is 3.54. The van der Waals surface area contributed by atoms with Gasteiger partial charge in [0.2, 0.25) is 0 Å². The minimum atomic E-state index is -3.12. The van der Waals surface area contributed by atoms with Crippen molar-refractivity contribution in [2.75, 3.05) is 0 Å². The van der Waals surface area contributed by atoms with Gasteiger partial charge < -0.3 is 9.42 Å². The van der Waals surface area contributed by atoms with Gasteiger partial charge in [0.05, 0.1) is 6.10 Å². The van der Waals surface area contributed by atoms with E-state index in [4.69, 9.17) is 4.89 Å². The first-order valence-corrected chi connectivity index (χ1v) is 5.12. The SMILES string of the molecule is CC(C)O[PH](=O)O[PH](=O)O. The van der Waals surface area contributed by atoms with Gasteiger partial charge in [-0.15, -0.1) is 0 Å². The van der Waals surface area contributed by atoms with Crippen molar-refractivity contribution in [1.82, 2.24) is 0 Å². The summed E-state index contributed by atoms with van der Waals surface area (Å²) < 4.78 is 28.9. The van der Waals surface area contributed by atoms with Gasteiger partial charge >= 0.3 is 16.5 Å². The molecule has 0 aliphatic rings. The van der Waals surface area contributed by atoms with Crippen LogP contribution < -0.4 is 0 Å². The monoisotopic (exact) mass is 188 g/mol. The summed E-state index contributed by atoms with van der Waals surface area (Å²) in [5.41, 5.74) is 0. The summed E-state index contributed by atoms with van der Waals surface area (Å²) in [5.74, 6) is 0. The topological polar surface area (TPSA) is 72.8 Å². The Morgan fingerprint density at radius 2 is 1.90 bits per heavy atom. The van der Waals surface area contributed by atoms with Crippen LogP contribution in [0.15, 0.2) is 0 Å². The van der Waals surface area contributed by atoms with Gasteiger partial charge in [0.1, 0.15) is 0 Å². The van der Waals surface area contributed by atoms with E-state index in [2.05, 4.69) is 8.83 Å². The summed E-state index contributed by atoms with van der Waals surface area (Å²) in [6.07, 6.45) is -0.257. The first-order chi connectivity index (χ1) is 4.52. The summed E-state index contributed by atoms with van der Waals surface area (Å²) >= 11 is 0. The molecule has 0 amide bonds. The lowest BCUT2D eigenvalue weighted by molar-refractivity contribution is 0.224. The predicted octanol–water partition coefficient (Wildman–Crippen LogP) is 1.20. The van der Waals surface area contributed by atoms with Crippen molar-refractivity contribution in [3.63, 3.8) is 0 Å². The van der Waals surface area contributed by atoms with Crippen LogP contribution in [0.4, 0.5) is 0 Å². The maximum atomic E-state index is 10.5. The minimum absolute atomic E-state index is 0.257. The molecule has 10 heavy (non-hydrogen) atoms. The summed E-state index contributed by atoms with van der Waals surface area (Å²) in [5, 5.41) is 0. The Bertz CT molecular complexity index is 144. The summed E-state index contributed by atoms with van der Waals surface area (Å²) in [6.45, 7) is 3.31. The molecule has 0 rings (SSSR count). The standard InChI is InChI=1S/C3H10O5P2/c1-3(2)7-10(6)8-9(4)5/h3,9-10H,1-2H3,(H,4,5). The molecule has 1 N–H and O–H groups in total. The zero-order valence-electron chi connectivity index (χ0n) is 5.66. The van der Waals surface area contributed by atoms with Gasteiger partial charge in [-0.2, -0.15) is 0 Å². The average Bonchev–Trinajstić information content (AvgIpc) is 1.58. The lowest BCUT2D eigenvalue weighted by Crippen LogP contribution is -1.93. The Kier molecular flexibility index (Phi) is 5.22. The van der Waals surface area contributed by atoms with Gasteiger partial charge in [-0.25, -0.2) is 4.31 Å². The van der Waals surface area contributed by atoms with Crippen molar-refractivity contribution in [3.8, 4) is 0 Å². The molecule has 2 atom stereocenters. The molecule has 0 saturated carbocycles. The van der Waals surface area contributed by atoms with E-state index in [0.717, 1.165) is 0 Å². The Hall–Kier alpha value is 0.340. The largest absolute Gasteiger partial charge is 0.326 e. The quantitative estimate of drug-likeness (QED) is 0.671. The van der Waals surface area contributed by atoms with Crippen molar-refractivity contribution in [1.29, 1.82) is 0 Å². The first-order valence-electron chi connectivity index (χ1n) is 2.63. The van der Waals surface area contributed by atoms with Gasteiger partial charge in [0.15, 0.2) is 0 Å². The van der Waals surface area contributed by atoms with Crippen molar-refractivity contribution < 1.29 is 22.9 Å². The number of rotatable bonds is 4. The van der Waals surface area contributed by atoms with Crippen LogP contribution in [0.1, 0.15) is 13.8 Å². The van der Waals surface area contributed by atoms with Crippen molar-refractivity contribution in [2.24, 2.45) is 0 Å². The normalized spacial score (nSPS) is 17.2. The fourth-order valence-electron chi connectivity index (χ4n) is 0.288. The second kappa shape index (κ2) is 5.05. The Labute approximate surface area is 60.2 Å². The van der Waals surface area contributed by atoms with Crippen LogP contribution in [-0.4, -0.2) is 11.0 Å². The van der Waals surface area contributed by atoms with E-state index in [1.54, 1.807) is 13.8 Å². The summed E-state index contributed by atoms with van der Waals surface area (Å²) in [7, 11) is -5.88. The van der Waals surface area contributed by atoms with Crippen LogP contribution in [0, 0.1) is 0 Å². The molecule has 0 aliphatic carbocycles. The number of hydrogen-bond donors (Lipinski definition) is 1. The molecule has 0 aromatic rings. The highest BCUT2D eigenvalue weighted by molar-refractivity contribution is 7.47. The number of hydrogen-bond acceptors (Lipinski definition) is 4. The molecule has 0 bridgehead atoms. The predicted molar refractivity (Wildman–Crippen MR) is 37.5 cm³/mol. The van der Waals surface area contributed by atoms with E-state index < -0.39 is 16.5 Å². The molecule has 0 aliphatic heterocycles. The van der Waals surface area contributed by atoms with Crippen LogP contribution in [0.2, 0.25) is 0 Å². The molecule has 0 radical (unpaired) electrons. The van der Waals surface area contributed by atoms with Crippen molar-refractivity contribution in [3.05, 3.63) is 0 Å². The maximum absolute atomic E-state index is 10.5. The van der Waals surface area contributed by atoms with Crippen LogP contribution in [-0.2, 0) is 18.0 Å². The van der Waals surface area contributed by atoms with Crippen LogP contribution in [0.5, 0.6) is 0 Å². The molecule has 5 nitrogen and oxygen atoms in total. The summed E-state index contributed by atoms with van der Waals surface area (Å²) in [4.78, 5) is 8.11. The molecule has 0 aromatic carbocycles. The third kappa shape index (κ3) is 6.46. The molecular formula is C3H10O5P2. The molecule has 0 aromatic heterocycles. The van der Waals surface area contributed by atoms with Crippen LogP contribution >= 0.6 is 16.5 Å². The molecule has 0 saturated heterocycles. The molecule has 0 heterocycles. The molecule has 7 heteroatoms. The van der Waals surface area contributed by atoms with Crippen molar-refractivity contribution >= 4 is 16.5 Å². The van der Waals surface area contributed by atoms with Crippen molar-refractivity contribution in [2.45, 2.75) is 20.0 Å². The van der Waals surface area contributed by atoms with Crippen LogP contribution in [0.3, 0.4) is 0 Å². The van der Waals surface area contributed by atoms with Gasteiger partial charge in [0.25, 0.3) is 0 Å². The highest BCUT2D eigenvalue weighted by atomic mass is 31.2. The van der Waals surface area contributed by atoms with E-state index in [1.165, 1.54) is 0 Å². The minimum Gasteiger partial charge on any atom is -0.326 e. The van der Waals surface area contributed by atoms with E-state index in [0.29, 0.717) is 0 Å². The third-order valence-electron chi connectivity index (χ3n) is 0.503. The first kappa shape index (κ1) is 10.3. The Morgan fingerprint density at radius 3 is 2.20 bits per heavy atom. The fourth-order valence-corrected chi connectivity index (χ4v) is 1.44. The maximum Gasteiger partial charge on any atom is 0.326 e. The smallest absolute Gasteiger partial charge is 0.326 e. The zero-order valence-corrected chi connectivity index (χ0v) is 7.66. The van der Waals surface area contributed by atoms with Crippen LogP contribution in [0.25, 0.3) is 0 Å². The van der Waals surface area contributed by atoms with E-state index >= 15 is 0 Å². The summed E-state index contributed by atoms with van der Waals surface area (Å²) in [6, 6.07) is 0. The lowest BCUT2D eigenvalue weighted by atomic mass is 10.5. The third-order valence-corrected chi connectivity index (χ3v) is 2.53. The Morgan fingerprint density at radius 1 is 1.40 bits per heavy atom. The molecular weight excluding hydrogens is 178 g/mol. The molecule has 62 valence electrons. The molecule has 0 spiro atoms. The highest BCUT2D eigenvalue weighted by Gasteiger charge is 2.04. The van der Waals surface area contributed by atoms with Gasteiger partial charge in [-0.3, -0.25) is 9.13 Å². The fraction of sp³-hybridized carbons (Fsp3) is 1.00. The van der Waals surface area contributed by atoms with E-state index in [-0.39, 0.29) is 6.10 Å². The average molecular weight is 188 g/mol. The lowest BCUT2D eigenvalue weighted by Gasteiger charge is -2.04. The van der Waals surface area contributed by atoms with E-state index in [9.17, 15) is 9.13 Å². The second-order valence-corrected chi connectivity index (χ2v) is 3.87. The molecule has 2 unspecified atom stereocenters. The highest BCUT2D eigenvalue weighted by Crippen LogP contribution is 2.36. The van der Waals surface area contributed by atoms with Gasteiger partial charge in [0, 0.05) is 0 Å². The van der Waals surface area contributed by atoms with Gasteiger partial charge in [-0.1, -0.05) is 0 Å². The molecule has 0 fully saturated rings.